The minimum Gasteiger partial charge on any atom is -0.458 e. The summed E-state index contributed by atoms with van der Waals surface area (Å²) in [5.74, 6) is -0.592. The number of nitrogens with zero attached hydrogens (tertiary/aromatic N) is 6. The molecule has 0 saturated heterocycles. The number of aliphatic hydroxyl groups excluding tert-OH is 1. The topological polar surface area (TPSA) is 130 Å². The second-order valence-electron chi connectivity index (χ2n) is 10.6. The molecule has 218 valence electrons. The maximum atomic E-state index is 15.4. The molecule has 0 radical (unpaired) electrons. The fourth-order valence-corrected chi connectivity index (χ4v) is 4.85. The molecule has 0 amide bonds. The van der Waals surface area contributed by atoms with E-state index >= 15 is 4.39 Å². The van der Waals surface area contributed by atoms with E-state index in [9.17, 15) is 19.0 Å². The van der Waals surface area contributed by atoms with Gasteiger partial charge < -0.3 is 19.5 Å². The number of benzene rings is 2. The van der Waals surface area contributed by atoms with Crippen molar-refractivity contribution < 1.29 is 28.1 Å². The number of hydrogen-bond donors (Lipinski definition) is 2. The molecule has 3 aromatic heterocycles. The normalized spacial score (nSPS) is 13.8. The molecule has 0 bridgehead atoms. The zero-order chi connectivity index (χ0) is 30.1. The molecule has 1 saturated carbocycles. The summed E-state index contributed by atoms with van der Waals surface area (Å²) in [5, 5.41) is 28.1. The summed E-state index contributed by atoms with van der Waals surface area (Å²) in [4.78, 5) is 17.3. The summed E-state index contributed by atoms with van der Waals surface area (Å²) in [6.07, 6.45) is 1.31. The Morgan fingerprint density at radius 1 is 1.00 bits per heavy atom. The van der Waals surface area contributed by atoms with Crippen molar-refractivity contribution >= 4 is 11.2 Å². The zero-order valence-electron chi connectivity index (χ0n) is 22.7. The Labute approximate surface area is 243 Å². The maximum Gasteiger partial charge on any atom is 0.317 e. The van der Waals surface area contributed by atoms with Crippen LogP contribution in [0.2, 0.25) is 0 Å². The Bertz CT molecular complexity index is 1870. The molecule has 5 aromatic rings. The van der Waals surface area contributed by atoms with Gasteiger partial charge in [0.2, 0.25) is 0 Å². The van der Waals surface area contributed by atoms with Crippen LogP contribution >= 0.6 is 0 Å². The fraction of sp³-hybridized carbons (Fsp3) is 0.258. The van der Waals surface area contributed by atoms with E-state index in [1.54, 1.807) is 22.8 Å². The van der Waals surface area contributed by atoms with Gasteiger partial charge in [-0.3, -0.25) is 4.39 Å². The maximum absolute atomic E-state index is 15.4. The monoisotopic (exact) mass is 586 g/mol. The van der Waals surface area contributed by atoms with Gasteiger partial charge in [-0.05, 0) is 60.9 Å². The molecule has 1 fully saturated rings. The molecule has 0 atom stereocenters. The number of halogens is 3. The third kappa shape index (κ3) is 5.90. The molecule has 43 heavy (non-hydrogen) atoms. The number of aromatic nitrogens is 5. The summed E-state index contributed by atoms with van der Waals surface area (Å²) < 4.78 is 50.7. The number of nitriles is 1. The lowest BCUT2D eigenvalue weighted by Crippen LogP contribution is -2.17. The van der Waals surface area contributed by atoms with E-state index in [0.717, 1.165) is 18.9 Å². The van der Waals surface area contributed by atoms with Crippen LogP contribution < -0.4 is 4.74 Å². The fourth-order valence-electron chi connectivity index (χ4n) is 4.85. The van der Waals surface area contributed by atoms with E-state index in [4.69, 9.17) is 10.00 Å². The zero-order valence-corrected chi connectivity index (χ0v) is 22.7. The van der Waals surface area contributed by atoms with Crippen LogP contribution in [0, 0.1) is 28.4 Å². The van der Waals surface area contributed by atoms with E-state index in [2.05, 4.69) is 19.9 Å². The van der Waals surface area contributed by atoms with Gasteiger partial charge in [0.15, 0.2) is 11.9 Å². The van der Waals surface area contributed by atoms with Crippen LogP contribution in [-0.2, 0) is 19.6 Å². The molecular weight excluding hydrogens is 561 g/mol. The second-order valence-corrected chi connectivity index (χ2v) is 10.6. The molecule has 2 aromatic carbocycles. The molecule has 12 heteroatoms. The third-order valence-corrected chi connectivity index (χ3v) is 7.54. The van der Waals surface area contributed by atoms with Crippen molar-refractivity contribution in [2.45, 2.75) is 38.7 Å². The Hall–Kier alpha value is -4.86. The van der Waals surface area contributed by atoms with Crippen molar-refractivity contribution in [3.05, 3.63) is 101 Å². The summed E-state index contributed by atoms with van der Waals surface area (Å²) in [7, 11) is 0. The van der Waals surface area contributed by atoms with E-state index in [-0.39, 0.29) is 47.1 Å². The summed E-state index contributed by atoms with van der Waals surface area (Å²) in [5.41, 5.74) is 1.94. The Morgan fingerprint density at radius 2 is 1.84 bits per heavy atom. The Morgan fingerprint density at radius 3 is 2.53 bits per heavy atom. The number of ether oxygens (including phenoxy) is 1. The van der Waals surface area contributed by atoms with Crippen LogP contribution in [0.4, 0.5) is 13.2 Å². The van der Waals surface area contributed by atoms with Gasteiger partial charge >= 0.3 is 6.01 Å². The SMILES string of the molecule is N#Cc1ccc(COc2nccc(-c3ccc(Cc4nc5ccc(C(O)O)nc5n4CC4(CF)CC4)cc3F)n2)c(F)c1. The molecule has 1 aliphatic carbocycles. The molecule has 9 nitrogen and oxygen atoms in total. The molecule has 0 spiro atoms. The van der Waals surface area contributed by atoms with Crippen molar-refractivity contribution in [1.29, 1.82) is 5.26 Å². The van der Waals surface area contributed by atoms with Crippen LogP contribution in [0.15, 0.2) is 60.8 Å². The molecular formula is C31H25F3N6O3. The molecule has 0 aliphatic heterocycles. The average molecular weight is 587 g/mol. The number of fused-ring (bicyclic) bond motifs is 1. The highest BCUT2D eigenvalue weighted by atomic mass is 19.1. The largest absolute Gasteiger partial charge is 0.458 e. The van der Waals surface area contributed by atoms with E-state index in [1.165, 1.54) is 36.5 Å². The lowest BCUT2D eigenvalue weighted by Gasteiger charge is -2.15. The minimum absolute atomic E-state index is 0.0518. The van der Waals surface area contributed by atoms with E-state index in [0.29, 0.717) is 29.1 Å². The quantitative estimate of drug-likeness (QED) is 0.220. The van der Waals surface area contributed by atoms with Crippen molar-refractivity contribution in [3.63, 3.8) is 0 Å². The average Bonchev–Trinajstić information content (AvgIpc) is 3.71. The molecule has 6 rings (SSSR count). The van der Waals surface area contributed by atoms with Crippen molar-refractivity contribution in [2.75, 3.05) is 6.67 Å². The van der Waals surface area contributed by atoms with Gasteiger partial charge in [0, 0.05) is 35.7 Å². The Balaban J connectivity index is 1.24. The molecule has 2 N–H and O–H groups in total. The first kappa shape index (κ1) is 28.3. The van der Waals surface area contributed by atoms with Crippen LogP contribution in [-0.4, -0.2) is 41.4 Å². The summed E-state index contributed by atoms with van der Waals surface area (Å²) in [6.45, 7) is -0.352. The van der Waals surface area contributed by atoms with E-state index < -0.39 is 30.0 Å². The van der Waals surface area contributed by atoms with Gasteiger partial charge in [-0.1, -0.05) is 12.1 Å². The van der Waals surface area contributed by atoms with Gasteiger partial charge in [-0.25, -0.2) is 23.7 Å². The highest BCUT2D eigenvalue weighted by molar-refractivity contribution is 5.72. The first-order valence-electron chi connectivity index (χ1n) is 13.5. The summed E-state index contributed by atoms with van der Waals surface area (Å²) in [6, 6.07) is 15.1. The predicted molar refractivity (Wildman–Crippen MR) is 148 cm³/mol. The molecule has 3 heterocycles. The van der Waals surface area contributed by atoms with Crippen LogP contribution in [0.25, 0.3) is 22.4 Å². The highest BCUT2D eigenvalue weighted by Crippen LogP contribution is 2.48. The molecule has 1 aliphatic rings. The third-order valence-electron chi connectivity index (χ3n) is 7.54. The standard InChI is InChI=1S/C31H25F3N6O3/c32-16-31(8-9-31)17-40-27(37-25-5-6-26(29(41)42)38-28(25)40)13-18-2-4-21(23(34)11-18)24-7-10-36-30(39-24)43-15-20-3-1-19(14-35)12-22(20)33/h1-7,10-12,29,41-42H,8-9,13,15-17H2. The lowest BCUT2D eigenvalue weighted by atomic mass is 10.1. The van der Waals surface area contributed by atoms with Gasteiger partial charge in [0.05, 0.1) is 29.7 Å². The first-order chi connectivity index (χ1) is 20.8. The number of imidazole rings is 1. The smallest absolute Gasteiger partial charge is 0.317 e. The lowest BCUT2D eigenvalue weighted by molar-refractivity contribution is -0.0456. The van der Waals surface area contributed by atoms with Crippen LogP contribution in [0.5, 0.6) is 6.01 Å². The molecule has 0 unspecified atom stereocenters. The summed E-state index contributed by atoms with van der Waals surface area (Å²) >= 11 is 0. The predicted octanol–water partition coefficient (Wildman–Crippen LogP) is 4.94. The van der Waals surface area contributed by atoms with Gasteiger partial charge in [-0.2, -0.15) is 10.2 Å². The van der Waals surface area contributed by atoms with Crippen LogP contribution in [0.3, 0.4) is 0 Å². The van der Waals surface area contributed by atoms with E-state index in [1.807, 2.05) is 6.07 Å². The van der Waals surface area contributed by atoms with Crippen molar-refractivity contribution in [2.24, 2.45) is 5.41 Å². The van der Waals surface area contributed by atoms with Gasteiger partial charge in [0.25, 0.3) is 0 Å². The van der Waals surface area contributed by atoms with Gasteiger partial charge in [-0.15, -0.1) is 0 Å². The van der Waals surface area contributed by atoms with Crippen molar-refractivity contribution in [1.82, 2.24) is 24.5 Å². The van der Waals surface area contributed by atoms with Crippen LogP contribution in [0.1, 0.15) is 47.3 Å². The number of pyridine rings is 1. The number of hydrogen-bond acceptors (Lipinski definition) is 8. The number of alkyl halides is 1. The minimum atomic E-state index is -1.77. The second kappa shape index (κ2) is 11.4. The highest BCUT2D eigenvalue weighted by Gasteiger charge is 2.44. The number of aliphatic hydroxyl groups is 2. The number of rotatable bonds is 10. The van der Waals surface area contributed by atoms with Crippen molar-refractivity contribution in [3.8, 4) is 23.3 Å². The Kier molecular flexibility index (Phi) is 7.52. The van der Waals surface area contributed by atoms with Gasteiger partial charge in [0.1, 0.15) is 29.6 Å². The first-order valence-corrected chi connectivity index (χ1v) is 13.5.